The van der Waals surface area contributed by atoms with Gasteiger partial charge in [0.25, 0.3) is 10.0 Å². The van der Waals surface area contributed by atoms with Gasteiger partial charge in [0.15, 0.2) is 0 Å². The van der Waals surface area contributed by atoms with Crippen LogP contribution in [-0.2, 0) is 16.6 Å². The molecule has 1 fully saturated rings. The summed E-state index contributed by atoms with van der Waals surface area (Å²) in [6.45, 7) is 8.37. The van der Waals surface area contributed by atoms with E-state index in [1.165, 1.54) is 11.3 Å². The average Bonchev–Trinajstić information content (AvgIpc) is 2.72. The highest BCUT2D eigenvalue weighted by atomic mass is 32.2. The predicted octanol–water partition coefficient (Wildman–Crippen LogP) is 2.59. The number of thiophene rings is 1. The van der Waals surface area contributed by atoms with Crippen LogP contribution in [0.2, 0.25) is 0 Å². The van der Waals surface area contributed by atoms with Crippen molar-refractivity contribution in [3.05, 3.63) is 16.5 Å². The Labute approximate surface area is 126 Å². The molecule has 2 rings (SSSR count). The van der Waals surface area contributed by atoms with E-state index >= 15 is 0 Å². The van der Waals surface area contributed by atoms with Gasteiger partial charge in [-0.1, -0.05) is 13.8 Å². The Morgan fingerprint density at radius 3 is 2.50 bits per heavy atom. The Hall–Kier alpha value is -0.430. The van der Waals surface area contributed by atoms with Gasteiger partial charge in [-0.3, -0.25) is 0 Å². The van der Waals surface area contributed by atoms with Gasteiger partial charge in [0.1, 0.15) is 4.21 Å². The zero-order valence-electron chi connectivity index (χ0n) is 12.7. The number of rotatable bonds is 4. The molecule has 1 aromatic rings. The first-order valence-electron chi connectivity index (χ1n) is 7.00. The van der Waals surface area contributed by atoms with Gasteiger partial charge in [0, 0.05) is 24.5 Å². The fourth-order valence-corrected chi connectivity index (χ4v) is 5.61. The van der Waals surface area contributed by atoms with E-state index in [1.807, 2.05) is 20.0 Å². The number of hydrogen-bond acceptors (Lipinski definition) is 4. The lowest BCUT2D eigenvalue weighted by Crippen LogP contribution is -2.40. The molecule has 1 aromatic heterocycles. The first-order chi connectivity index (χ1) is 9.26. The van der Waals surface area contributed by atoms with Crippen molar-refractivity contribution in [3.8, 4) is 0 Å². The SMILES string of the molecule is CNCc1sc(S(=O)(=O)N2CCC(C)(C)CC2)cc1C. The van der Waals surface area contributed by atoms with Crippen LogP contribution in [-0.4, -0.2) is 32.9 Å². The molecule has 4 nitrogen and oxygen atoms in total. The van der Waals surface area contributed by atoms with E-state index in [9.17, 15) is 8.42 Å². The van der Waals surface area contributed by atoms with Gasteiger partial charge in [0.05, 0.1) is 0 Å². The average molecular weight is 316 g/mol. The van der Waals surface area contributed by atoms with Crippen LogP contribution < -0.4 is 5.32 Å². The molecule has 0 radical (unpaired) electrons. The summed E-state index contributed by atoms with van der Waals surface area (Å²) in [5, 5.41) is 3.08. The number of nitrogens with one attached hydrogen (secondary N) is 1. The molecule has 0 spiro atoms. The Morgan fingerprint density at radius 1 is 1.35 bits per heavy atom. The van der Waals surface area contributed by atoms with Gasteiger partial charge in [-0.15, -0.1) is 11.3 Å². The molecule has 0 unspecified atom stereocenters. The molecule has 1 aliphatic heterocycles. The van der Waals surface area contributed by atoms with Crippen LogP contribution in [0.4, 0.5) is 0 Å². The second-order valence-corrected chi connectivity index (χ2v) is 9.57. The van der Waals surface area contributed by atoms with Gasteiger partial charge >= 0.3 is 0 Å². The molecule has 0 amide bonds. The van der Waals surface area contributed by atoms with Crippen molar-refractivity contribution in [2.45, 2.75) is 44.4 Å². The maximum Gasteiger partial charge on any atom is 0.252 e. The molecule has 1 N–H and O–H groups in total. The third kappa shape index (κ3) is 3.24. The van der Waals surface area contributed by atoms with Gasteiger partial charge in [0.2, 0.25) is 0 Å². The summed E-state index contributed by atoms with van der Waals surface area (Å²) >= 11 is 1.39. The summed E-state index contributed by atoms with van der Waals surface area (Å²) < 4.78 is 27.5. The van der Waals surface area contributed by atoms with E-state index in [2.05, 4.69) is 19.2 Å². The molecule has 0 atom stereocenters. The van der Waals surface area contributed by atoms with E-state index in [0.717, 1.165) is 29.8 Å². The van der Waals surface area contributed by atoms with Gasteiger partial charge in [-0.25, -0.2) is 8.42 Å². The highest BCUT2D eigenvalue weighted by Crippen LogP contribution is 2.34. The second kappa shape index (κ2) is 5.75. The van der Waals surface area contributed by atoms with Crippen molar-refractivity contribution in [1.82, 2.24) is 9.62 Å². The highest BCUT2D eigenvalue weighted by molar-refractivity contribution is 7.91. The third-order valence-electron chi connectivity index (χ3n) is 4.01. The lowest BCUT2D eigenvalue weighted by Gasteiger charge is -2.35. The summed E-state index contributed by atoms with van der Waals surface area (Å²) in [5.74, 6) is 0. The highest BCUT2D eigenvalue weighted by Gasteiger charge is 2.33. The Bertz CT molecular complexity index is 566. The van der Waals surface area contributed by atoms with E-state index in [4.69, 9.17) is 0 Å². The monoisotopic (exact) mass is 316 g/mol. The van der Waals surface area contributed by atoms with E-state index in [1.54, 1.807) is 4.31 Å². The lowest BCUT2D eigenvalue weighted by atomic mass is 9.83. The molecule has 0 saturated carbocycles. The van der Waals surface area contributed by atoms with Crippen LogP contribution >= 0.6 is 11.3 Å². The largest absolute Gasteiger partial charge is 0.315 e. The summed E-state index contributed by atoms with van der Waals surface area (Å²) in [6.07, 6.45) is 1.86. The normalized spacial score (nSPS) is 20.2. The van der Waals surface area contributed by atoms with Gasteiger partial charge in [-0.05, 0) is 43.9 Å². The van der Waals surface area contributed by atoms with Crippen LogP contribution in [0.25, 0.3) is 0 Å². The third-order valence-corrected chi connectivity index (χ3v) is 7.59. The van der Waals surface area contributed by atoms with Crippen LogP contribution in [0.15, 0.2) is 10.3 Å². The molecule has 1 aliphatic rings. The van der Waals surface area contributed by atoms with Crippen molar-refractivity contribution in [2.24, 2.45) is 5.41 Å². The van der Waals surface area contributed by atoms with Crippen molar-refractivity contribution < 1.29 is 8.42 Å². The molecule has 0 aromatic carbocycles. The molecule has 0 aliphatic carbocycles. The Morgan fingerprint density at radius 2 is 1.95 bits per heavy atom. The predicted molar refractivity (Wildman–Crippen MR) is 83.6 cm³/mol. The summed E-state index contributed by atoms with van der Waals surface area (Å²) in [6, 6.07) is 1.81. The maximum atomic E-state index is 12.7. The maximum absolute atomic E-state index is 12.7. The molecular weight excluding hydrogens is 292 g/mol. The molecule has 6 heteroatoms. The number of sulfonamides is 1. The van der Waals surface area contributed by atoms with E-state index in [0.29, 0.717) is 17.3 Å². The molecule has 2 heterocycles. The second-order valence-electron chi connectivity index (χ2n) is 6.27. The smallest absolute Gasteiger partial charge is 0.252 e. The zero-order chi connectivity index (χ0) is 15.0. The van der Waals surface area contributed by atoms with Crippen LogP contribution in [0.5, 0.6) is 0 Å². The molecule has 0 bridgehead atoms. The summed E-state index contributed by atoms with van der Waals surface area (Å²) in [7, 11) is -1.43. The van der Waals surface area contributed by atoms with Crippen LogP contribution in [0, 0.1) is 12.3 Å². The minimum Gasteiger partial charge on any atom is -0.315 e. The molecule has 1 saturated heterocycles. The Balaban J connectivity index is 2.21. The van der Waals surface area contributed by atoms with Gasteiger partial charge in [-0.2, -0.15) is 4.31 Å². The minimum absolute atomic E-state index is 0.259. The first kappa shape index (κ1) is 15.9. The van der Waals surface area contributed by atoms with Crippen LogP contribution in [0.1, 0.15) is 37.1 Å². The minimum atomic E-state index is -3.31. The fraction of sp³-hybridized carbons (Fsp3) is 0.714. The number of piperidine rings is 1. The van der Waals surface area contributed by atoms with E-state index < -0.39 is 10.0 Å². The summed E-state index contributed by atoms with van der Waals surface area (Å²) in [4.78, 5) is 1.10. The Kier molecular flexibility index (Phi) is 4.59. The number of hydrogen-bond donors (Lipinski definition) is 1. The zero-order valence-corrected chi connectivity index (χ0v) is 14.3. The van der Waals surface area contributed by atoms with Crippen LogP contribution in [0.3, 0.4) is 0 Å². The summed E-state index contributed by atoms with van der Waals surface area (Å²) in [5.41, 5.74) is 1.31. The van der Waals surface area contributed by atoms with E-state index in [-0.39, 0.29) is 5.41 Å². The lowest BCUT2D eigenvalue weighted by molar-refractivity contribution is 0.196. The van der Waals surface area contributed by atoms with Crippen molar-refractivity contribution in [1.29, 1.82) is 0 Å². The quantitative estimate of drug-likeness (QED) is 0.929. The number of aryl methyl sites for hydroxylation is 1. The fourth-order valence-electron chi connectivity index (χ4n) is 2.41. The standard InChI is InChI=1S/C14H24N2O2S2/c1-11-9-13(19-12(11)10-15-4)20(17,18)16-7-5-14(2,3)6-8-16/h9,15H,5-8,10H2,1-4H3. The number of nitrogens with zero attached hydrogens (tertiary/aromatic N) is 1. The van der Waals surface area contributed by atoms with Crippen molar-refractivity contribution in [2.75, 3.05) is 20.1 Å². The topological polar surface area (TPSA) is 49.4 Å². The van der Waals surface area contributed by atoms with Crippen molar-refractivity contribution >= 4 is 21.4 Å². The first-order valence-corrected chi connectivity index (χ1v) is 9.26. The van der Waals surface area contributed by atoms with Crippen molar-refractivity contribution in [3.63, 3.8) is 0 Å². The molecular formula is C14H24N2O2S2. The van der Waals surface area contributed by atoms with Gasteiger partial charge < -0.3 is 5.32 Å². The molecule has 20 heavy (non-hydrogen) atoms. The molecule has 114 valence electrons.